The maximum Gasteiger partial charge on any atom is 0.319 e. The first-order chi connectivity index (χ1) is 12.0. The molecule has 25 heavy (non-hydrogen) atoms. The molecule has 10 heteroatoms. The second-order valence-corrected chi connectivity index (χ2v) is 5.73. The molecule has 1 aromatic heterocycles. The highest BCUT2D eigenvalue weighted by atomic mass is 35.5. The van der Waals surface area contributed by atoms with Crippen molar-refractivity contribution in [2.45, 2.75) is 6.54 Å². The summed E-state index contributed by atoms with van der Waals surface area (Å²) in [7, 11) is 0. The van der Waals surface area contributed by atoms with E-state index in [1.807, 2.05) is 0 Å². The van der Waals surface area contributed by atoms with Gasteiger partial charge >= 0.3 is 6.03 Å². The van der Waals surface area contributed by atoms with E-state index in [0.717, 1.165) is 0 Å². The fourth-order valence-corrected chi connectivity index (χ4v) is 2.31. The van der Waals surface area contributed by atoms with E-state index in [4.69, 9.17) is 23.2 Å². The fraction of sp³-hybridized carbons (Fsp3) is 0.0667. The number of aromatic nitrogens is 4. The molecule has 3 rings (SSSR count). The Labute approximate surface area is 151 Å². The number of tetrazole rings is 1. The SMILES string of the molecule is O=C(NCc1nnnn1-c1ccc(F)cc1)Nc1ccc(Cl)c(Cl)c1. The number of anilines is 1. The van der Waals surface area contributed by atoms with Gasteiger partial charge in [0.25, 0.3) is 0 Å². The van der Waals surface area contributed by atoms with Gasteiger partial charge in [0.05, 0.1) is 22.3 Å². The van der Waals surface area contributed by atoms with Crippen molar-refractivity contribution in [3.8, 4) is 5.69 Å². The average Bonchev–Trinajstić information content (AvgIpc) is 3.06. The summed E-state index contributed by atoms with van der Waals surface area (Å²) >= 11 is 11.7. The van der Waals surface area contributed by atoms with E-state index in [0.29, 0.717) is 27.2 Å². The van der Waals surface area contributed by atoms with Crippen molar-refractivity contribution >= 4 is 34.9 Å². The van der Waals surface area contributed by atoms with Crippen LogP contribution in [0.5, 0.6) is 0 Å². The fourth-order valence-electron chi connectivity index (χ4n) is 2.01. The van der Waals surface area contributed by atoms with E-state index >= 15 is 0 Å². The van der Waals surface area contributed by atoms with E-state index < -0.39 is 6.03 Å². The summed E-state index contributed by atoms with van der Waals surface area (Å²) in [5, 5.41) is 17.2. The van der Waals surface area contributed by atoms with Crippen molar-refractivity contribution in [1.82, 2.24) is 25.5 Å². The van der Waals surface area contributed by atoms with Crippen LogP contribution in [-0.4, -0.2) is 26.2 Å². The van der Waals surface area contributed by atoms with Crippen molar-refractivity contribution in [2.24, 2.45) is 0 Å². The number of amides is 2. The summed E-state index contributed by atoms with van der Waals surface area (Å²) < 4.78 is 14.4. The van der Waals surface area contributed by atoms with E-state index in [9.17, 15) is 9.18 Å². The molecule has 0 bridgehead atoms. The molecule has 1 heterocycles. The Balaban J connectivity index is 1.64. The molecule has 3 aromatic rings. The van der Waals surface area contributed by atoms with E-state index in [1.165, 1.54) is 35.0 Å². The predicted octanol–water partition coefficient (Wildman–Crippen LogP) is 3.43. The van der Waals surface area contributed by atoms with Crippen molar-refractivity contribution < 1.29 is 9.18 Å². The summed E-state index contributed by atoms with van der Waals surface area (Å²) in [5.74, 6) is 0.0217. The minimum Gasteiger partial charge on any atom is -0.330 e. The van der Waals surface area contributed by atoms with E-state index in [-0.39, 0.29) is 12.4 Å². The molecule has 0 saturated carbocycles. The molecule has 7 nitrogen and oxygen atoms in total. The van der Waals surface area contributed by atoms with Crippen molar-refractivity contribution in [3.05, 3.63) is 64.2 Å². The third kappa shape index (κ3) is 4.23. The van der Waals surface area contributed by atoms with Gasteiger partial charge in [0.15, 0.2) is 5.82 Å². The number of halogens is 3. The summed E-state index contributed by atoms with van der Waals surface area (Å²) in [5.41, 5.74) is 1.07. The topological polar surface area (TPSA) is 84.7 Å². The highest BCUT2D eigenvalue weighted by Gasteiger charge is 2.10. The molecule has 0 aliphatic rings. The highest BCUT2D eigenvalue weighted by Crippen LogP contribution is 2.24. The van der Waals surface area contributed by atoms with Crippen LogP contribution in [0.1, 0.15) is 5.82 Å². The van der Waals surface area contributed by atoms with Crippen LogP contribution in [0, 0.1) is 5.82 Å². The minimum absolute atomic E-state index is 0.0670. The average molecular weight is 381 g/mol. The van der Waals surface area contributed by atoms with Crippen LogP contribution in [0.15, 0.2) is 42.5 Å². The Kier molecular flexibility index (Phi) is 5.11. The highest BCUT2D eigenvalue weighted by molar-refractivity contribution is 6.42. The smallest absolute Gasteiger partial charge is 0.319 e. The Morgan fingerprint density at radius 2 is 1.88 bits per heavy atom. The van der Waals surface area contributed by atoms with Crippen LogP contribution < -0.4 is 10.6 Å². The minimum atomic E-state index is -0.466. The Hall–Kier alpha value is -2.71. The van der Waals surface area contributed by atoms with Gasteiger partial charge in [-0.15, -0.1) is 5.10 Å². The molecular formula is C15H11Cl2FN6O. The van der Waals surface area contributed by atoms with Gasteiger partial charge < -0.3 is 10.6 Å². The Morgan fingerprint density at radius 3 is 2.60 bits per heavy atom. The number of nitrogens with zero attached hydrogens (tertiary/aromatic N) is 4. The number of carbonyl (C=O) groups is 1. The lowest BCUT2D eigenvalue weighted by Crippen LogP contribution is -2.29. The van der Waals surface area contributed by atoms with Gasteiger partial charge in [-0.25, -0.2) is 9.18 Å². The molecule has 0 saturated heterocycles. The lowest BCUT2D eigenvalue weighted by molar-refractivity contribution is 0.251. The predicted molar refractivity (Wildman–Crippen MR) is 91.4 cm³/mol. The molecular weight excluding hydrogens is 370 g/mol. The monoisotopic (exact) mass is 380 g/mol. The summed E-state index contributed by atoms with van der Waals surface area (Å²) in [6.07, 6.45) is 0. The molecule has 2 amide bonds. The van der Waals surface area contributed by atoms with Crippen molar-refractivity contribution in [2.75, 3.05) is 5.32 Å². The van der Waals surface area contributed by atoms with Gasteiger partial charge in [-0.2, -0.15) is 4.68 Å². The molecule has 128 valence electrons. The van der Waals surface area contributed by atoms with Crippen molar-refractivity contribution in [1.29, 1.82) is 0 Å². The van der Waals surface area contributed by atoms with Crippen LogP contribution in [-0.2, 0) is 6.54 Å². The Morgan fingerprint density at radius 1 is 1.12 bits per heavy atom. The molecule has 0 spiro atoms. The number of nitrogens with one attached hydrogen (secondary N) is 2. The van der Waals surface area contributed by atoms with Crippen LogP contribution in [0.2, 0.25) is 10.0 Å². The molecule has 0 fully saturated rings. The summed E-state index contributed by atoms with van der Waals surface area (Å²) in [4.78, 5) is 12.0. The van der Waals surface area contributed by atoms with Gasteiger partial charge in [-0.1, -0.05) is 23.2 Å². The largest absolute Gasteiger partial charge is 0.330 e. The number of hydrogen-bond donors (Lipinski definition) is 2. The van der Waals surface area contributed by atoms with Crippen LogP contribution in [0.3, 0.4) is 0 Å². The lowest BCUT2D eigenvalue weighted by Gasteiger charge is -2.08. The molecule has 0 aliphatic carbocycles. The second-order valence-electron chi connectivity index (χ2n) is 4.92. The zero-order valence-electron chi connectivity index (χ0n) is 12.6. The number of urea groups is 1. The second kappa shape index (κ2) is 7.45. The Bertz CT molecular complexity index is 899. The quantitative estimate of drug-likeness (QED) is 0.725. The summed E-state index contributed by atoms with van der Waals surface area (Å²) in [6, 6.07) is 9.93. The number of benzene rings is 2. The first-order valence-electron chi connectivity index (χ1n) is 7.06. The number of hydrogen-bond acceptors (Lipinski definition) is 4. The van der Waals surface area contributed by atoms with Gasteiger partial charge in [0.2, 0.25) is 0 Å². The first-order valence-corrected chi connectivity index (χ1v) is 7.81. The van der Waals surface area contributed by atoms with E-state index in [2.05, 4.69) is 26.2 Å². The standard InChI is InChI=1S/C15H11Cl2FN6O/c16-12-6-3-10(7-13(12)17)20-15(25)19-8-14-21-22-23-24(14)11-4-1-9(18)2-5-11/h1-7H,8H2,(H2,19,20,25). The molecule has 0 radical (unpaired) electrons. The van der Waals surface area contributed by atoms with Crippen molar-refractivity contribution in [3.63, 3.8) is 0 Å². The zero-order valence-corrected chi connectivity index (χ0v) is 14.1. The van der Waals surface area contributed by atoms with Gasteiger partial charge in [-0.05, 0) is 52.9 Å². The number of carbonyl (C=O) groups excluding carboxylic acids is 1. The lowest BCUT2D eigenvalue weighted by atomic mass is 10.3. The first kappa shape index (κ1) is 17.1. The van der Waals surface area contributed by atoms with Crippen LogP contribution in [0.25, 0.3) is 5.69 Å². The molecule has 0 aliphatic heterocycles. The third-order valence-corrected chi connectivity index (χ3v) is 3.93. The maximum absolute atomic E-state index is 13.0. The van der Waals surface area contributed by atoms with Gasteiger partial charge in [-0.3, -0.25) is 0 Å². The molecule has 2 aromatic carbocycles. The normalized spacial score (nSPS) is 10.5. The molecule has 2 N–H and O–H groups in total. The zero-order chi connectivity index (χ0) is 17.8. The maximum atomic E-state index is 13.0. The van der Waals surface area contributed by atoms with Gasteiger partial charge in [0.1, 0.15) is 5.82 Å². The molecule has 0 atom stereocenters. The third-order valence-electron chi connectivity index (χ3n) is 3.19. The van der Waals surface area contributed by atoms with E-state index in [1.54, 1.807) is 12.1 Å². The van der Waals surface area contributed by atoms with Crippen LogP contribution >= 0.6 is 23.2 Å². The molecule has 0 unspecified atom stereocenters. The summed E-state index contributed by atoms with van der Waals surface area (Å²) in [6.45, 7) is 0.0670. The van der Waals surface area contributed by atoms with Gasteiger partial charge in [0, 0.05) is 5.69 Å². The van der Waals surface area contributed by atoms with Crippen LogP contribution in [0.4, 0.5) is 14.9 Å². The number of rotatable bonds is 4.